The maximum Gasteiger partial charge on any atom is 0.191 e. The zero-order valence-electron chi connectivity index (χ0n) is 19.6. The molecule has 2 heterocycles. The first-order valence-corrected chi connectivity index (χ1v) is 11.8. The molecule has 0 aromatic heterocycles. The van der Waals surface area contributed by atoms with Crippen molar-refractivity contribution in [2.75, 3.05) is 60.0 Å². The van der Waals surface area contributed by atoms with E-state index in [2.05, 4.69) is 56.6 Å². The fourth-order valence-corrected chi connectivity index (χ4v) is 4.74. The van der Waals surface area contributed by atoms with Gasteiger partial charge in [0.15, 0.2) is 5.96 Å². The molecule has 31 heavy (non-hydrogen) atoms. The molecule has 0 spiro atoms. The molecule has 1 aromatic carbocycles. The molecule has 176 valence electrons. The number of rotatable bonds is 9. The Morgan fingerprint density at radius 2 is 1.77 bits per heavy atom. The van der Waals surface area contributed by atoms with Gasteiger partial charge < -0.3 is 20.3 Å². The minimum Gasteiger partial charge on any atom is -0.497 e. The van der Waals surface area contributed by atoms with Crippen LogP contribution >= 0.6 is 24.0 Å². The molecular weight excluding hydrogens is 501 g/mol. The Kier molecular flexibility index (Phi) is 12.0. The number of likely N-dealkylation sites (tertiary alicyclic amines) is 2. The van der Waals surface area contributed by atoms with Crippen LogP contribution in [0.5, 0.6) is 5.75 Å². The predicted octanol–water partition coefficient (Wildman–Crippen LogP) is 3.74. The second-order valence-electron chi connectivity index (χ2n) is 8.58. The maximum absolute atomic E-state index is 5.34. The highest BCUT2D eigenvalue weighted by atomic mass is 127. The monoisotopic (exact) mass is 543 g/mol. The minimum absolute atomic E-state index is 0. The summed E-state index contributed by atoms with van der Waals surface area (Å²) in [5.74, 6) is 2.67. The number of nitrogens with one attached hydrogen (secondary N) is 2. The van der Waals surface area contributed by atoms with Crippen molar-refractivity contribution < 1.29 is 4.74 Å². The average molecular weight is 544 g/mol. The minimum atomic E-state index is 0. The lowest BCUT2D eigenvalue weighted by atomic mass is 9.93. The Labute approximate surface area is 206 Å². The van der Waals surface area contributed by atoms with Gasteiger partial charge in [0.1, 0.15) is 5.75 Å². The summed E-state index contributed by atoms with van der Waals surface area (Å²) in [6, 6.07) is 8.88. The molecule has 1 unspecified atom stereocenters. The third kappa shape index (κ3) is 8.09. The van der Waals surface area contributed by atoms with Gasteiger partial charge in [-0.15, -0.1) is 24.0 Å². The van der Waals surface area contributed by atoms with Crippen LogP contribution in [-0.2, 0) is 0 Å². The van der Waals surface area contributed by atoms with Gasteiger partial charge in [-0.3, -0.25) is 9.89 Å². The first kappa shape index (κ1) is 26.2. The van der Waals surface area contributed by atoms with Crippen molar-refractivity contribution in [3.8, 4) is 5.75 Å². The van der Waals surface area contributed by atoms with Gasteiger partial charge in [-0.05, 0) is 88.4 Å². The van der Waals surface area contributed by atoms with Gasteiger partial charge in [-0.1, -0.05) is 19.1 Å². The molecule has 0 amide bonds. The summed E-state index contributed by atoms with van der Waals surface area (Å²) in [5.41, 5.74) is 1.34. The number of benzene rings is 1. The van der Waals surface area contributed by atoms with E-state index in [1.807, 2.05) is 7.05 Å². The quantitative estimate of drug-likeness (QED) is 0.283. The summed E-state index contributed by atoms with van der Waals surface area (Å²) in [4.78, 5) is 9.61. The van der Waals surface area contributed by atoms with E-state index in [0.29, 0.717) is 6.04 Å². The van der Waals surface area contributed by atoms with Crippen LogP contribution in [0.1, 0.15) is 50.6 Å². The second-order valence-corrected chi connectivity index (χ2v) is 8.58. The van der Waals surface area contributed by atoms with Gasteiger partial charge >= 0.3 is 0 Å². The van der Waals surface area contributed by atoms with Crippen molar-refractivity contribution in [2.45, 2.75) is 45.1 Å². The Morgan fingerprint density at radius 1 is 1.10 bits per heavy atom. The molecule has 7 heteroatoms. The van der Waals surface area contributed by atoms with E-state index in [0.717, 1.165) is 30.7 Å². The number of methoxy groups -OCH3 is 1. The molecule has 6 nitrogen and oxygen atoms in total. The zero-order valence-corrected chi connectivity index (χ0v) is 21.9. The zero-order chi connectivity index (χ0) is 21.2. The Balaban J connectivity index is 0.00000341. The number of hydrogen-bond donors (Lipinski definition) is 2. The lowest BCUT2D eigenvalue weighted by Gasteiger charge is -2.31. The van der Waals surface area contributed by atoms with Crippen LogP contribution in [0.2, 0.25) is 0 Å². The van der Waals surface area contributed by atoms with Crippen LogP contribution in [0.15, 0.2) is 29.3 Å². The van der Waals surface area contributed by atoms with Crippen LogP contribution in [0, 0.1) is 5.92 Å². The SMILES string of the molecule is CCN1CCC(CCNC(=NC)NCC(c2ccc(OC)cc2)N2CCCC2)CC1.I. The summed E-state index contributed by atoms with van der Waals surface area (Å²) in [6.45, 7) is 10.2. The Morgan fingerprint density at radius 3 is 2.35 bits per heavy atom. The van der Waals surface area contributed by atoms with Crippen LogP contribution in [0.25, 0.3) is 0 Å². The van der Waals surface area contributed by atoms with Gasteiger partial charge in [0.05, 0.1) is 13.2 Å². The summed E-state index contributed by atoms with van der Waals surface area (Å²) in [7, 11) is 3.59. The van der Waals surface area contributed by atoms with E-state index in [4.69, 9.17) is 4.74 Å². The highest BCUT2D eigenvalue weighted by molar-refractivity contribution is 14.0. The van der Waals surface area contributed by atoms with Crippen LogP contribution in [0.4, 0.5) is 0 Å². The molecule has 2 fully saturated rings. The molecule has 0 saturated carbocycles. The van der Waals surface area contributed by atoms with E-state index in [9.17, 15) is 0 Å². The number of piperidine rings is 1. The number of halogens is 1. The second kappa shape index (κ2) is 14.2. The van der Waals surface area contributed by atoms with Gasteiger partial charge in [-0.2, -0.15) is 0 Å². The van der Waals surface area contributed by atoms with E-state index in [-0.39, 0.29) is 24.0 Å². The van der Waals surface area contributed by atoms with Crippen LogP contribution in [-0.4, -0.2) is 75.7 Å². The summed E-state index contributed by atoms with van der Waals surface area (Å²) >= 11 is 0. The van der Waals surface area contributed by atoms with Crippen molar-refractivity contribution in [2.24, 2.45) is 10.9 Å². The molecule has 0 bridgehead atoms. The molecule has 0 radical (unpaired) electrons. The van der Waals surface area contributed by atoms with Crippen molar-refractivity contribution in [1.29, 1.82) is 0 Å². The lowest BCUT2D eigenvalue weighted by Crippen LogP contribution is -2.43. The molecule has 2 aliphatic heterocycles. The molecule has 2 aliphatic rings. The normalized spacial score (nSPS) is 19.6. The van der Waals surface area contributed by atoms with Gasteiger partial charge in [0.25, 0.3) is 0 Å². The fraction of sp³-hybridized carbons (Fsp3) is 0.708. The molecular formula is C24H42IN5O. The Hall–Kier alpha value is -1.06. The van der Waals surface area contributed by atoms with Crippen molar-refractivity contribution in [3.63, 3.8) is 0 Å². The summed E-state index contributed by atoms with van der Waals surface area (Å²) < 4.78 is 5.34. The number of aliphatic imine (C=N–C) groups is 1. The molecule has 2 N–H and O–H groups in total. The fourth-order valence-electron chi connectivity index (χ4n) is 4.74. The average Bonchev–Trinajstić information content (AvgIpc) is 3.33. The largest absolute Gasteiger partial charge is 0.497 e. The lowest BCUT2D eigenvalue weighted by molar-refractivity contribution is 0.187. The number of guanidine groups is 1. The topological polar surface area (TPSA) is 52.1 Å². The van der Waals surface area contributed by atoms with Gasteiger partial charge in [0.2, 0.25) is 0 Å². The highest BCUT2D eigenvalue weighted by Crippen LogP contribution is 2.26. The smallest absolute Gasteiger partial charge is 0.191 e. The molecule has 2 saturated heterocycles. The summed E-state index contributed by atoms with van der Waals surface area (Å²) in [6.07, 6.45) is 6.46. The van der Waals surface area contributed by atoms with Gasteiger partial charge in [0, 0.05) is 20.1 Å². The van der Waals surface area contributed by atoms with Crippen molar-refractivity contribution in [1.82, 2.24) is 20.4 Å². The maximum atomic E-state index is 5.34. The molecule has 1 aromatic rings. The van der Waals surface area contributed by atoms with Crippen molar-refractivity contribution >= 4 is 29.9 Å². The van der Waals surface area contributed by atoms with Crippen LogP contribution < -0.4 is 15.4 Å². The Bertz CT molecular complexity index is 640. The molecule has 0 aliphatic carbocycles. The number of hydrogen-bond acceptors (Lipinski definition) is 4. The van der Waals surface area contributed by atoms with Crippen molar-refractivity contribution in [3.05, 3.63) is 29.8 Å². The third-order valence-corrected chi connectivity index (χ3v) is 6.77. The first-order chi connectivity index (χ1) is 14.7. The van der Waals surface area contributed by atoms with Gasteiger partial charge in [-0.25, -0.2) is 0 Å². The number of ether oxygens (including phenoxy) is 1. The third-order valence-electron chi connectivity index (χ3n) is 6.77. The van der Waals surface area contributed by atoms with E-state index < -0.39 is 0 Å². The predicted molar refractivity (Wildman–Crippen MR) is 141 cm³/mol. The van der Waals surface area contributed by atoms with E-state index in [1.165, 1.54) is 70.4 Å². The molecule has 3 rings (SSSR count). The number of nitrogens with zero attached hydrogens (tertiary/aromatic N) is 3. The van der Waals surface area contributed by atoms with E-state index in [1.54, 1.807) is 7.11 Å². The summed E-state index contributed by atoms with van der Waals surface area (Å²) in [5, 5.41) is 7.13. The standard InChI is InChI=1S/C24H41N5O.HI/c1-4-28-17-12-20(13-18-28)11-14-26-24(25-2)27-19-23(29-15-5-6-16-29)21-7-9-22(30-3)10-8-21;/h7-10,20,23H,4-6,11-19H2,1-3H3,(H2,25,26,27);1H. The van der Waals surface area contributed by atoms with E-state index >= 15 is 0 Å². The highest BCUT2D eigenvalue weighted by Gasteiger charge is 2.24. The first-order valence-electron chi connectivity index (χ1n) is 11.8. The van der Waals surface area contributed by atoms with Crippen LogP contribution in [0.3, 0.4) is 0 Å². The molecule has 1 atom stereocenters.